The van der Waals surface area contributed by atoms with Crippen molar-refractivity contribution in [2.75, 3.05) is 13.1 Å². The summed E-state index contributed by atoms with van der Waals surface area (Å²) in [7, 11) is 0. The number of nitrogens with one attached hydrogen (secondary N) is 1. The Labute approximate surface area is 114 Å². The van der Waals surface area contributed by atoms with Gasteiger partial charge in [0.25, 0.3) is 0 Å². The second-order valence-corrected chi connectivity index (χ2v) is 6.11. The Hall–Kier alpha value is -0.960. The zero-order chi connectivity index (χ0) is 12.8. The molecular weight excluding hydrogens is 240 g/mol. The lowest BCUT2D eigenvalue weighted by atomic mass is 9.98. The molecule has 0 bridgehead atoms. The molecule has 0 amide bonds. The van der Waals surface area contributed by atoms with Gasteiger partial charge in [0.1, 0.15) is 0 Å². The highest BCUT2D eigenvalue weighted by Crippen LogP contribution is 2.22. The Morgan fingerprint density at radius 1 is 1.39 bits per heavy atom. The van der Waals surface area contributed by atoms with Crippen molar-refractivity contribution in [3.63, 3.8) is 0 Å². The summed E-state index contributed by atoms with van der Waals surface area (Å²) >= 11 is 1.90. The van der Waals surface area contributed by atoms with Crippen LogP contribution in [0.25, 0.3) is 0 Å². The molecule has 2 atom stereocenters. The number of nitrogens with zero attached hydrogens (tertiary/aromatic N) is 1. The summed E-state index contributed by atoms with van der Waals surface area (Å²) in [5.41, 5.74) is 1.42. The maximum atomic E-state index is 4.53. The first-order valence-electron chi connectivity index (χ1n) is 6.79. The molecule has 2 nitrogen and oxygen atoms in total. The van der Waals surface area contributed by atoms with Crippen molar-refractivity contribution in [2.24, 2.45) is 4.99 Å². The minimum atomic E-state index is 0.604. The molecule has 1 heterocycles. The molecule has 1 aliphatic rings. The van der Waals surface area contributed by atoms with Crippen molar-refractivity contribution in [3.05, 3.63) is 35.9 Å². The first-order valence-corrected chi connectivity index (χ1v) is 7.67. The van der Waals surface area contributed by atoms with E-state index in [9.17, 15) is 0 Å². The van der Waals surface area contributed by atoms with Gasteiger partial charge in [-0.2, -0.15) is 0 Å². The van der Waals surface area contributed by atoms with Crippen LogP contribution in [0.2, 0.25) is 0 Å². The Balaban J connectivity index is 1.70. The summed E-state index contributed by atoms with van der Waals surface area (Å²) in [5, 5.41) is 5.29. The second-order valence-electron chi connectivity index (χ2n) is 4.82. The van der Waals surface area contributed by atoms with E-state index in [1.165, 1.54) is 12.0 Å². The Morgan fingerprint density at radius 3 is 2.83 bits per heavy atom. The van der Waals surface area contributed by atoms with Crippen molar-refractivity contribution in [3.8, 4) is 0 Å². The van der Waals surface area contributed by atoms with Gasteiger partial charge < -0.3 is 5.32 Å². The van der Waals surface area contributed by atoms with Crippen molar-refractivity contribution in [1.29, 1.82) is 0 Å². The van der Waals surface area contributed by atoms with E-state index < -0.39 is 0 Å². The normalized spacial score (nSPS) is 20.6. The van der Waals surface area contributed by atoms with E-state index in [-0.39, 0.29) is 0 Å². The third-order valence-electron chi connectivity index (χ3n) is 3.39. The van der Waals surface area contributed by atoms with Crippen LogP contribution in [0.5, 0.6) is 0 Å². The summed E-state index contributed by atoms with van der Waals surface area (Å²) in [6.07, 6.45) is 2.36. The first kappa shape index (κ1) is 13.5. The molecule has 1 aromatic carbocycles. The van der Waals surface area contributed by atoms with E-state index in [2.05, 4.69) is 54.5 Å². The summed E-state index contributed by atoms with van der Waals surface area (Å²) < 4.78 is 0. The maximum Gasteiger partial charge on any atom is 0.156 e. The SMILES string of the molecule is CCC1CN=C(NCCC(C)c2ccccc2)S1. The number of hydrogen-bond donors (Lipinski definition) is 1. The highest BCUT2D eigenvalue weighted by atomic mass is 32.2. The van der Waals surface area contributed by atoms with Crippen molar-refractivity contribution < 1.29 is 0 Å². The van der Waals surface area contributed by atoms with Crippen LogP contribution in [-0.4, -0.2) is 23.5 Å². The lowest BCUT2D eigenvalue weighted by Crippen LogP contribution is -2.21. The summed E-state index contributed by atoms with van der Waals surface area (Å²) in [4.78, 5) is 4.53. The second kappa shape index (κ2) is 6.83. The molecule has 0 spiro atoms. The molecule has 0 saturated carbocycles. The smallest absolute Gasteiger partial charge is 0.156 e. The molecule has 1 aliphatic heterocycles. The van der Waals surface area contributed by atoms with E-state index in [0.717, 1.165) is 24.7 Å². The first-order chi connectivity index (χ1) is 8.79. The standard InChI is InChI=1S/C15H22N2S/c1-3-14-11-17-15(18-14)16-10-9-12(2)13-7-5-4-6-8-13/h4-8,12,14H,3,9-11H2,1-2H3,(H,16,17). The van der Waals surface area contributed by atoms with Gasteiger partial charge in [-0.3, -0.25) is 4.99 Å². The summed E-state index contributed by atoms with van der Waals surface area (Å²) in [6.45, 7) is 6.51. The Morgan fingerprint density at radius 2 is 2.17 bits per heavy atom. The van der Waals surface area contributed by atoms with Crippen LogP contribution in [0, 0.1) is 0 Å². The average molecular weight is 262 g/mol. The zero-order valence-electron chi connectivity index (χ0n) is 11.2. The molecule has 0 aliphatic carbocycles. The zero-order valence-corrected chi connectivity index (χ0v) is 12.0. The lowest BCUT2D eigenvalue weighted by Gasteiger charge is -2.13. The van der Waals surface area contributed by atoms with Crippen molar-refractivity contribution >= 4 is 16.9 Å². The van der Waals surface area contributed by atoms with Gasteiger partial charge in [-0.05, 0) is 24.3 Å². The molecule has 1 N–H and O–H groups in total. The van der Waals surface area contributed by atoms with Gasteiger partial charge in [-0.15, -0.1) is 0 Å². The highest BCUT2D eigenvalue weighted by Gasteiger charge is 2.17. The van der Waals surface area contributed by atoms with Gasteiger partial charge in [0.05, 0.1) is 6.54 Å². The van der Waals surface area contributed by atoms with Gasteiger partial charge in [-0.1, -0.05) is 55.9 Å². The van der Waals surface area contributed by atoms with E-state index in [0.29, 0.717) is 11.2 Å². The van der Waals surface area contributed by atoms with Crippen LogP contribution in [0.4, 0.5) is 0 Å². The Kier molecular flexibility index (Phi) is 5.12. The predicted molar refractivity (Wildman–Crippen MR) is 81.4 cm³/mol. The maximum absolute atomic E-state index is 4.53. The van der Waals surface area contributed by atoms with Gasteiger partial charge in [0, 0.05) is 11.8 Å². The molecule has 2 unspecified atom stereocenters. The molecule has 0 radical (unpaired) electrons. The molecule has 0 saturated heterocycles. The van der Waals surface area contributed by atoms with Crippen LogP contribution in [0.15, 0.2) is 35.3 Å². The third kappa shape index (κ3) is 3.77. The fraction of sp³-hybridized carbons (Fsp3) is 0.533. The molecule has 3 heteroatoms. The molecule has 98 valence electrons. The number of thioether (sulfide) groups is 1. The van der Waals surface area contributed by atoms with E-state index in [4.69, 9.17) is 0 Å². The number of amidine groups is 1. The monoisotopic (exact) mass is 262 g/mol. The highest BCUT2D eigenvalue weighted by molar-refractivity contribution is 8.14. The molecule has 0 fully saturated rings. The largest absolute Gasteiger partial charge is 0.365 e. The molecule has 2 rings (SSSR count). The molecule has 18 heavy (non-hydrogen) atoms. The summed E-state index contributed by atoms with van der Waals surface area (Å²) in [5.74, 6) is 0.604. The van der Waals surface area contributed by atoms with Crippen LogP contribution < -0.4 is 5.32 Å². The van der Waals surface area contributed by atoms with E-state index in [1.54, 1.807) is 0 Å². The average Bonchev–Trinajstić information content (AvgIpc) is 2.87. The van der Waals surface area contributed by atoms with Gasteiger partial charge >= 0.3 is 0 Å². The third-order valence-corrected chi connectivity index (χ3v) is 4.71. The van der Waals surface area contributed by atoms with Crippen molar-refractivity contribution in [2.45, 2.75) is 37.9 Å². The van der Waals surface area contributed by atoms with Crippen LogP contribution in [-0.2, 0) is 0 Å². The van der Waals surface area contributed by atoms with Crippen LogP contribution in [0.1, 0.15) is 38.2 Å². The number of benzene rings is 1. The van der Waals surface area contributed by atoms with Gasteiger partial charge in [0.15, 0.2) is 5.17 Å². The molecular formula is C15H22N2S. The molecule has 0 aromatic heterocycles. The van der Waals surface area contributed by atoms with E-state index in [1.807, 2.05) is 11.8 Å². The van der Waals surface area contributed by atoms with Gasteiger partial charge in [0.2, 0.25) is 0 Å². The number of hydrogen-bond acceptors (Lipinski definition) is 3. The van der Waals surface area contributed by atoms with Crippen molar-refractivity contribution in [1.82, 2.24) is 5.32 Å². The minimum absolute atomic E-state index is 0.604. The molecule has 1 aromatic rings. The van der Waals surface area contributed by atoms with E-state index >= 15 is 0 Å². The Bertz CT molecular complexity index is 389. The number of rotatable bonds is 5. The minimum Gasteiger partial charge on any atom is -0.365 e. The fourth-order valence-corrected chi connectivity index (χ4v) is 3.04. The quantitative estimate of drug-likeness (QED) is 0.876. The number of aliphatic imine (C=N–C) groups is 1. The summed E-state index contributed by atoms with van der Waals surface area (Å²) in [6, 6.07) is 10.7. The predicted octanol–water partition coefficient (Wildman–Crippen LogP) is 3.65. The van der Waals surface area contributed by atoms with Crippen LogP contribution >= 0.6 is 11.8 Å². The van der Waals surface area contributed by atoms with Gasteiger partial charge in [-0.25, -0.2) is 0 Å². The topological polar surface area (TPSA) is 24.4 Å². The lowest BCUT2D eigenvalue weighted by molar-refractivity contribution is 0.663. The fourth-order valence-electron chi connectivity index (χ4n) is 2.07. The van der Waals surface area contributed by atoms with Crippen LogP contribution in [0.3, 0.4) is 0 Å².